The second-order valence-corrected chi connectivity index (χ2v) is 5.60. The number of fused-ring (bicyclic) bond motifs is 1. The van der Waals surface area contributed by atoms with E-state index >= 15 is 0 Å². The number of carbonyl (C=O) groups excluding carboxylic acids is 1. The summed E-state index contributed by atoms with van der Waals surface area (Å²) in [5.41, 5.74) is 0.616. The fourth-order valence-corrected chi connectivity index (χ4v) is 2.94. The van der Waals surface area contributed by atoms with E-state index in [0.717, 1.165) is 24.7 Å². The molecule has 104 valence electrons. The highest BCUT2D eigenvalue weighted by Gasteiger charge is 2.47. The van der Waals surface area contributed by atoms with Crippen LogP contribution in [0.4, 0.5) is 5.82 Å². The van der Waals surface area contributed by atoms with Crippen molar-refractivity contribution in [2.45, 2.75) is 25.7 Å². The maximum Gasteiger partial charge on any atom is 0.228 e. The SMILES string of the molecule is O=C(Nc1cccc(C#CCCO)n1)C1CC2CC2C1. The van der Waals surface area contributed by atoms with E-state index in [0.29, 0.717) is 17.9 Å². The lowest BCUT2D eigenvalue weighted by atomic mass is 10.0. The van der Waals surface area contributed by atoms with E-state index in [2.05, 4.69) is 22.1 Å². The minimum atomic E-state index is 0.0490. The van der Waals surface area contributed by atoms with Gasteiger partial charge in [-0.05, 0) is 49.2 Å². The number of anilines is 1. The largest absolute Gasteiger partial charge is 0.395 e. The van der Waals surface area contributed by atoms with Crippen LogP contribution < -0.4 is 5.32 Å². The van der Waals surface area contributed by atoms with Gasteiger partial charge in [0.05, 0.1) is 6.61 Å². The van der Waals surface area contributed by atoms with Gasteiger partial charge in [-0.15, -0.1) is 0 Å². The van der Waals surface area contributed by atoms with Gasteiger partial charge in [-0.25, -0.2) is 4.98 Å². The van der Waals surface area contributed by atoms with Gasteiger partial charge >= 0.3 is 0 Å². The molecule has 0 aromatic carbocycles. The molecule has 1 heterocycles. The predicted octanol–water partition coefficient (Wildman–Crippen LogP) is 1.80. The van der Waals surface area contributed by atoms with Crippen LogP contribution in [0.15, 0.2) is 18.2 Å². The molecule has 1 aromatic rings. The first-order chi connectivity index (χ1) is 9.76. The molecule has 2 aliphatic carbocycles. The number of carbonyl (C=O) groups is 1. The Bertz CT molecular complexity index is 563. The smallest absolute Gasteiger partial charge is 0.228 e. The van der Waals surface area contributed by atoms with Crippen molar-refractivity contribution in [2.24, 2.45) is 17.8 Å². The van der Waals surface area contributed by atoms with Gasteiger partial charge in [0.1, 0.15) is 11.5 Å². The number of nitrogens with zero attached hydrogens (tertiary/aromatic N) is 1. The maximum absolute atomic E-state index is 12.1. The van der Waals surface area contributed by atoms with Gasteiger partial charge in [-0.1, -0.05) is 12.0 Å². The van der Waals surface area contributed by atoms with Crippen molar-refractivity contribution in [3.05, 3.63) is 23.9 Å². The first-order valence-corrected chi connectivity index (χ1v) is 7.14. The van der Waals surface area contributed by atoms with Gasteiger partial charge in [-0.3, -0.25) is 4.79 Å². The van der Waals surface area contributed by atoms with Crippen molar-refractivity contribution < 1.29 is 9.90 Å². The van der Waals surface area contributed by atoms with Crippen molar-refractivity contribution in [1.82, 2.24) is 4.98 Å². The molecular weight excluding hydrogens is 252 g/mol. The summed E-state index contributed by atoms with van der Waals surface area (Å²) in [5.74, 6) is 8.10. The zero-order chi connectivity index (χ0) is 13.9. The van der Waals surface area contributed by atoms with Crippen LogP contribution in [0, 0.1) is 29.6 Å². The third kappa shape index (κ3) is 3.00. The Labute approximate surface area is 118 Å². The molecule has 20 heavy (non-hydrogen) atoms. The first kappa shape index (κ1) is 13.1. The van der Waals surface area contributed by atoms with E-state index in [9.17, 15) is 4.79 Å². The molecule has 0 radical (unpaired) electrons. The van der Waals surface area contributed by atoms with E-state index in [-0.39, 0.29) is 18.4 Å². The van der Waals surface area contributed by atoms with E-state index in [1.807, 2.05) is 6.07 Å². The molecule has 2 N–H and O–H groups in total. The molecule has 0 bridgehead atoms. The van der Waals surface area contributed by atoms with E-state index in [1.165, 1.54) is 6.42 Å². The molecular formula is C16H18N2O2. The summed E-state index contributed by atoms with van der Waals surface area (Å²) in [7, 11) is 0. The molecule has 1 aromatic heterocycles. The molecule has 2 aliphatic rings. The van der Waals surface area contributed by atoms with E-state index in [4.69, 9.17) is 5.11 Å². The average Bonchev–Trinajstić information content (AvgIpc) is 3.06. The molecule has 4 nitrogen and oxygen atoms in total. The second kappa shape index (κ2) is 5.64. The number of pyridine rings is 1. The lowest BCUT2D eigenvalue weighted by Crippen LogP contribution is -2.22. The number of aromatic nitrogens is 1. The zero-order valence-corrected chi connectivity index (χ0v) is 11.3. The number of aliphatic hydroxyl groups is 1. The molecule has 1 amide bonds. The average molecular weight is 270 g/mol. The minimum absolute atomic E-state index is 0.0490. The fraction of sp³-hybridized carbons (Fsp3) is 0.500. The normalized spacial score (nSPS) is 26.4. The summed E-state index contributed by atoms with van der Waals surface area (Å²) < 4.78 is 0. The highest BCUT2D eigenvalue weighted by molar-refractivity contribution is 5.92. The molecule has 0 spiro atoms. The first-order valence-electron chi connectivity index (χ1n) is 7.14. The molecule has 0 aliphatic heterocycles. The molecule has 2 saturated carbocycles. The topological polar surface area (TPSA) is 62.2 Å². The van der Waals surface area contributed by atoms with Gasteiger partial charge in [0, 0.05) is 12.3 Å². The summed E-state index contributed by atoms with van der Waals surface area (Å²) in [4.78, 5) is 16.4. The summed E-state index contributed by atoms with van der Waals surface area (Å²) in [6.07, 6.45) is 3.82. The van der Waals surface area contributed by atoms with Crippen LogP contribution in [0.1, 0.15) is 31.4 Å². The second-order valence-electron chi connectivity index (χ2n) is 5.60. The van der Waals surface area contributed by atoms with Crippen molar-refractivity contribution in [3.63, 3.8) is 0 Å². The Morgan fingerprint density at radius 1 is 1.35 bits per heavy atom. The van der Waals surface area contributed by atoms with Crippen LogP contribution in [0.25, 0.3) is 0 Å². The van der Waals surface area contributed by atoms with Crippen molar-refractivity contribution in [2.75, 3.05) is 11.9 Å². The Hall–Kier alpha value is -1.86. The molecule has 4 heteroatoms. The monoisotopic (exact) mass is 270 g/mol. The van der Waals surface area contributed by atoms with Crippen LogP contribution in [0.5, 0.6) is 0 Å². The number of nitrogens with one attached hydrogen (secondary N) is 1. The van der Waals surface area contributed by atoms with Gasteiger partial charge < -0.3 is 10.4 Å². The maximum atomic E-state index is 12.1. The summed E-state index contributed by atoms with van der Waals surface area (Å²) >= 11 is 0. The third-order valence-corrected chi connectivity index (χ3v) is 4.07. The number of hydrogen-bond donors (Lipinski definition) is 2. The predicted molar refractivity (Wildman–Crippen MR) is 75.8 cm³/mol. The number of aliphatic hydroxyl groups excluding tert-OH is 1. The standard InChI is InChI=1S/C16H18N2O2/c19-7-2-1-4-14-5-3-6-15(17-14)18-16(20)13-9-11-8-12(11)10-13/h3,5-6,11-13,19H,2,7-10H2,(H,17,18,20). The van der Waals surface area contributed by atoms with Crippen LogP contribution in [-0.4, -0.2) is 22.6 Å². The van der Waals surface area contributed by atoms with Crippen LogP contribution in [0.3, 0.4) is 0 Å². The number of hydrogen-bond acceptors (Lipinski definition) is 3. The Kier molecular flexibility index (Phi) is 3.70. The third-order valence-electron chi connectivity index (χ3n) is 4.07. The van der Waals surface area contributed by atoms with E-state index in [1.54, 1.807) is 12.1 Å². The van der Waals surface area contributed by atoms with Gasteiger partial charge in [0.15, 0.2) is 0 Å². The lowest BCUT2D eigenvalue weighted by Gasteiger charge is -2.11. The van der Waals surface area contributed by atoms with Crippen LogP contribution >= 0.6 is 0 Å². The van der Waals surface area contributed by atoms with Gasteiger partial charge in [0.2, 0.25) is 5.91 Å². The summed E-state index contributed by atoms with van der Waals surface area (Å²) in [5, 5.41) is 11.6. The Morgan fingerprint density at radius 2 is 2.15 bits per heavy atom. The Morgan fingerprint density at radius 3 is 2.90 bits per heavy atom. The molecule has 2 unspecified atom stereocenters. The lowest BCUT2D eigenvalue weighted by molar-refractivity contribution is -0.120. The fourth-order valence-electron chi connectivity index (χ4n) is 2.94. The van der Waals surface area contributed by atoms with Crippen LogP contribution in [0.2, 0.25) is 0 Å². The highest BCUT2D eigenvalue weighted by Crippen LogP contribution is 2.54. The number of amides is 1. The molecule has 2 fully saturated rings. The molecule has 0 saturated heterocycles. The van der Waals surface area contributed by atoms with E-state index < -0.39 is 0 Å². The van der Waals surface area contributed by atoms with Gasteiger partial charge in [-0.2, -0.15) is 0 Å². The highest BCUT2D eigenvalue weighted by atomic mass is 16.2. The number of rotatable bonds is 3. The van der Waals surface area contributed by atoms with Crippen LogP contribution in [-0.2, 0) is 4.79 Å². The quantitative estimate of drug-likeness (QED) is 0.823. The zero-order valence-electron chi connectivity index (χ0n) is 11.3. The van der Waals surface area contributed by atoms with Crippen molar-refractivity contribution in [3.8, 4) is 11.8 Å². The van der Waals surface area contributed by atoms with Crippen molar-refractivity contribution >= 4 is 11.7 Å². The summed E-state index contributed by atoms with van der Waals surface area (Å²) in [6.45, 7) is 0.0490. The van der Waals surface area contributed by atoms with Crippen molar-refractivity contribution in [1.29, 1.82) is 0 Å². The molecule has 3 rings (SSSR count). The summed E-state index contributed by atoms with van der Waals surface area (Å²) in [6, 6.07) is 5.41. The molecule has 2 atom stereocenters. The Balaban J connectivity index is 1.61. The van der Waals surface area contributed by atoms with Gasteiger partial charge in [0.25, 0.3) is 0 Å². The minimum Gasteiger partial charge on any atom is -0.395 e.